The number of methoxy groups -OCH3 is 1. The molecule has 0 fully saturated rings. The van der Waals surface area contributed by atoms with Crippen LogP contribution in [0.1, 0.15) is 25.6 Å². The molecule has 0 aliphatic rings. The zero-order valence-corrected chi connectivity index (χ0v) is 13.8. The molecule has 1 amide bonds. The highest BCUT2D eigenvalue weighted by molar-refractivity contribution is 7.16. The van der Waals surface area contributed by atoms with E-state index in [-0.39, 0.29) is 5.13 Å². The van der Waals surface area contributed by atoms with Crippen molar-refractivity contribution in [3.63, 3.8) is 0 Å². The predicted octanol–water partition coefficient (Wildman–Crippen LogP) is 3.31. The molecule has 0 atom stereocenters. The number of nitrogens with one attached hydrogen (secondary N) is 1. The van der Waals surface area contributed by atoms with Crippen molar-refractivity contribution in [1.29, 1.82) is 5.26 Å². The number of nitrogens with zero attached hydrogens (tertiary/aromatic N) is 2. The molecule has 0 unspecified atom stereocenters. The number of nitriles is 1. The predicted molar refractivity (Wildman–Crippen MR) is 90.3 cm³/mol. The van der Waals surface area contributed by atoms with Crippen LogP contribution in [-0.2, 0) is 4.74 Å². The monoisotopic (exact) mass is 353 g/mol. The zero-order chi connectivity index (χ0) is 17.8. The van der Waals surface area contributed by atoms with Gasteiger partial charge in [-0.1, -0.05) is 11.3 Å². The Hall–Kier alpha value is -3.44. The number of esters is 1. The lowest BCUT2D eigenvalue weighted by atomic mass is 10.1. The highest BCUT2D eigenvalue weighted by Crippen LogP contribution is 2.31. The molecule has 0 bridgehead atoms. The molecular formula is C17H11N3O4S. The highest BCUT2D eigenvalue weighted by Gasteiger charge is 2.17. The SMILES string of the molecule is COC(=O)c1ccc(C(=O)Nc2nc(-c3ccco3)c(C#N)s2)cc1. The van der Waals surface area contributed by atoms with E-state index in [9.17, 15) is 14.9 Å². The molecule has 0 aliphatic carbocycles. The van der Waals surface area contributed by atoms with Crippen LogP contribution in [0.15, 0.2) is 47.1 Å². The van der Waals surface area contributed by atoms with Crippen LogP contribution >= 0.6 is 11.3 Å². The number of furan rings is 1. The second-order valence-electron chi connectivity index (χ2n) is 4.81. The Balaban J connectivity index is 1.79. The molecule has 0 saturated carbocycles. The summed E-state index contributed by atoms with van der Waals surface area (Å²) in [5.74, 6) is -0.426. The van der Waals surface area contributed by atoms with Gasteiger partial charge in [0, 0.05) is 5.56 Å². The van der Waals surface area contributed by atoms with Crippen molar-refractivity contribution in [2.45, 2.75) is 0 Å². The number of hydrogen-bond donors (Lipinski definition) is 1. The Morgan fingerprint density at radius 1 is 1.24 bits per heavy atom. The molecule has 3 aromatic rings. The lowest BCUT2D eigenvalue weighted by molar-refractivity contribution is 0.0600. The fraction of sp³-hybridized carbons (Fsp3) is 0.0588. The van der Waals surface area contributed by atoms with Gasteiger partial charge in [0.1, 0.15) is 16.6 Å². The summed E-state index contributed by atoms with van der Waals surface area (Å²) in [6.45, 7) is 0. The van der Waals surface area contributed by atoms with Gasteiger partial charge in [0.2, 0.25) is 0 Å². The minimum absolute atomic E-state index is 0.282. The van der Waals surface area contributed by atoms with E-state index in [0.29, 0.717) is 27.5 Å². The van der Waals surface area contributed by atoms with Crippen LogP contribution in [0.3, 0.4) is 0 Å². The van der Waals surface area contributed by atoms with Gasteiger partial charge in [-0.05, 0) is 36.4 Å². The van der Waals surface area contributed by atoms with Crippen molar-refractivity contribution in [2.75, 3.05) is 12.4 Å². The smallest absolute Gasteiger partial charge is 0.337 e. The summed E-state index contributed by atoms with van der Waals surface area (Å²) >= 11 is 1.05. The number of carbonyl (C=O) groups excluding carboxylic acids is 2. The molecule has 0 spiro atoms. The van der Waals surface area contributed by atoms with E-state index in [1.807, 2.05) is 6.07 Å². The molecule has 0 aliphatic heterocycles. The van der Waals surface area contributed by atoms with Crippen molar-refractivity contribution in [3.05, 3.63) is 58.7 Å². The van der Waals surface area contributed by atoms with E-state index < -0.39 is 11.9 Å². The minimum Gasteiger partial charge on any atom is -0.465 e. The molecule has 8 heteroatoms. The Morgan fingerprint density at radius 2 is 1.96 bits per heavy atom. The first-order chi connectivity index (χ1) is 12.1. The lowest BCUT2D eigenvalue weighted by Gasteiger charge is -2.03. The fourth-order valence-electron chi connectivity index (χ4n) is 2.07. The number of carbonyl (C=O) groups is 2. The molecule has 7 nitrogen and oxygen atoms in total. The number of amides is 1. The third-order valence-corrected chi connectivity index (χ3v) is 4.15. The second kappa shape index (κ2) is 6.98. The standard InChI is InChI=1S/C17H11N3O4S/c1-23-16(22)11-6-4-10(5-7-11)15(21)20-17-19-14(13(9-18)25-17)12-3-2-8-24-12/h2-8H,1H3,(H,19,20,21). The van der Waals surface area contributed by atoms with Crippen LogP contribution in [0.4, 0.5) is 5.13 Å². The Bertz CT molecular complexity index is 953. The van der Waals surface area contributed by atoms with Gasteiger partial charge in [0.05, 0.1) is 18.9 Å². The maximum Gasteiger partial charge on any atom is 0.337 e. The number of benzene rings is 1. The fourth-order valence-corrected chi connectivity index (χ4v) is 2.84. The van der Waals surface area contributed by atoms with E-state index in [1.165, 1.54) is 37.6 Å². The summed E-state index contributed by atoms with van der Waals surface area (Å²) in [6, 6.07) is 11.4. The van der Waals surface area contributed by atoms with Crippen LogP contribution in [0, 0.1) is 11.3 Å². The van der Waals surface area contributed by atoms with Crippen LogP contribution in [0.25, 0.3) is 11.5 Å². The number of anilines is 1. The summed E-state index contributed by atoms with van der Waals surface area (Å²) in [6.07, 6.45) is 1.48. The number of thiazole rings is 1. The van der Waals surface area contributed by atoms with Gasteiger partial charge in [-0.3, -0.25) is 10.1 Å². The van der Waals surface area contributed by atoms with Crippen LogP contribution in [-0.4, -0.2) is 24.0 Å². The van der Waals surface area contributed by atoms with E-state index in [2.05, 4.69) is 15.0 Å². The van der Waals surface area contributed by atoms with Crippen molar-refractivity contribution >= 4 is 28.3 Å². The average molecular weight is 353 g/mol. The van der Waals surface area contributed by atoms with Crippen LogP contribution in [0.2, 0.25) is 0 Å². The van der Waals surface area contributed by atoms with Gasteiger partial charge in [0.25, 0.3) is 5.91 Å². The minimum atomic E-state index is -0.478. The third kappa shape index (κ3) is 3.41. The van der Waals surface area contributed by atoms with Gasteiger partial charge >= 0.3 is 5.97 Å². The molecule has 2 heterocycles. The second-order valence-corrected chi connectivity index (χ2v) is 5.81. The quantitative estimate of drug-likeness (QED) is 0.721. The largest absolute Gasteiger partial charge is 0.465 e. The highest BCUT2D eigenvalue weighted by atomic mass is 32.1. The van der Waals surface area contributed by atoms with E-state index in [0.717, 1.165) is 11.3 Å². The third-order valence-electron chi connectivity index (χ3n) is 3.27. The van der Waals surface area contributed by atoms with Crippen molar-refractivity contribution in [1.82, 2.24) is 4.98 Å². The number of rotatable bonds is 4. The summed E-state index contributed by atoms with van der Waals surface area (Å²) in [7, 11) is 1.29. The maximum absolute atomic E-state index is 12.3. The molecule has 124 valence electrons. The van der Waals surface area contributed by atoms with Crippen molar-refractivity contribution < 1.29 is 18.7 Å². The van der Waals surface area contributed by atoms with Crippen LogP contribution < -0.4 is 5.32 Å². The van der Waals surface area contributed by atoms with Gasteiger partial charge in [-0.15, -0.1) is 0 Å². The molecule has 3 rings (SSSR count). The summed E-state index contributed by atoms with van der Waals surface area (Å²) in [5, 5.41) is 12.1. The van der Waals surface area contributed by atoms with Crippen molar-refractivity contribution in [3.8, 4) is 17.5 Å². The Kier molecular flexibility index (Phi) is 4.59. The molecular weight excluding hydrogens is 342 g/mol. The van der Waals surface area contributed by atoms with Gasteiger partial charge in [-0.25, -0.2) is 9.78 Å². The molecule has 0 saturated heterocycles. The number of hydrogen-bond acceptors (Lipinski definition) is 7. The molecule has 0 radical (unpaired) electrons. The lowest BCUT2D eigenvalue weighted by Crippen LogP contribution is -2.12. The first kappa shape index (κ1) is 16.4. The molecule has 2 aromatic heterocycles. The van der Waals surface area contributed by atoms with Gasteiger partial charge < -0.3 is 9.15 Å². The Morgan fingerprint density at radius 3 is 2.56 bits per heavy atom. The van der Waals surface area contributed by atoms with Crippen molar-refractivity contribution in [2.24, 2.45) is 0 Å². The summed E-state index contributed by atoms with van der Waals surface area (Å²) in [4.78, 5) is 28.3. The van der Waals surface area contributed by atoms with Gasteiger partial charge in [-0.2, -0.15) is 5.26 Å². The average Bonchev–Trinajstić information content (AvgIpc) is 3.30. The van der Waals surface area contributed by atoms with E-state index in [1.54, 1.807) is 12.1 Å². The van der Waals surface area contributed by atoms with E-state index in [4.69, 9.17) is 4.42 Å². The summed E-state index contributed by atoms with van der Waals surface area (Å²) in [5.41, 5.74) is 1.08. The first-order valence-corrected chi connectivity index (χ1v) is 7.88. The van der Waals surface area contributed by atoms with E-state index >= 15 is 0 Å². The zero-order valence-electron chi connectivity index (χ0n) is 13.0. The molecule has 1 N–H and O–H groups in total. The number of aromatic nitrogens is 1. The maximum atomic E-state index is 12.3. The summed E-state index contributed by atoms with van der Waals surface area (Å²) < 4.78 is 9.86. The topological polar surface area (TPSA) is 105 Å². The van der Waals surface area contributed by atoms with Gasteiger partial charge in [0.15, 0.2) is 10.9 Å². The Labute approximate surface area is 146 Å². The van der Waals surface area contributed by atoms with Crippen LogP contribution in [0.5, 0.6) is 0 Å². The number of ether oxygens (including phenoxy) is 1. The normalized spacial score (nSPS) is 10.1. The molecule has 1 aromatic carbocycles. The first-order valence-electron chi connectivity index (χ1n) is 7.07. The molecule has 25 heavy (non-hydrogen) atoms.